The third-order valence-electron chi connectivity index (χ3n) is 2.06. The van der Waals surface area contributed by atoms with Gasteiger partial charge in [-0.25, -0.2) is 4.79 Å². The summed E-state index contributed by atoms with van der Waals surface area (Å²) in [6.07, 6.45) is -0.439. The Hall–Kier alpha value is -1.49. The van der Waals surface area contributed by atoms with Gasteiger partial charge < -0.3 is 10.1 Å². The van der Waals surface area contributed by atoms with Gasteiger partial charge in [0.2, 0.25) is 0 Å². The molecule has 5 heteroatoms. The van der Waals surface area contributed by atoms with Gasteiger partial charge in [-0.15, -0.1) is 12.6 Å². The molecule has 1 amide bonds. The Labute approximate surface area is 99.4 Å². The number of hydrogen-bond acceptors (Lipinski definition) is 3. The molecule has 1 aromatic carbocycles. The maximum absolute atomic E-state index is 11.1. The van der Waals surface area contributed by atoms with E-state index in [9.17, 15) is 9.59 Å². The van der Waals surface area contributed by atoms with E-state index in [4.69, 9.17) is 0 Å². The molecule has 0 aliphatic carbocycles. The van der Waals surface area contributed by atoms with Crippen LogP contribution in [0.1, 0.15) is 18.0 Å². The first kappa shape index (κ1) is 12.6. The number of benzene rings is 1. The van der Waals surface area contributed by atoms with Crippen molar-refractivity contribution in [3.05, 3.63) is 35.9 Å². The Bertz CT molecular complexity index is 367. The Morgan fingerprint density at radius 2 is 2.00 bits per heavy atom. The molecule has 4 nitrogen and oxygen atoms in total. The van der Waals surface area contributed by atoms with Crippen LogP contribution >= 0.6 is 12.6 Å². The molecule has 1 atom stereocenters. The molecule has 0 saturated carbocycles. The second-order valence-corrected chi connectivity index (χ2v) is 3.70. The van der Waals surface area contributed by atoms with E-state index < -0.39 is 12.1 Å². The second kappa shape index (κ2) is 6.17. The van der Waals surface area contributed by atoms with E-state index in [-0.39, 0.29) is 11.5 Å². The van der Waals surface area contributed by atoms with Crippen LogP contribution in [0.2, 0.25) is 0 Å². The summed E-state index contributed by atoms with van der Waals surface area (Å²) in [5.41, 5.74) is 0.843. The monoisotopic (exact) mass is 239 g/mol. The van der Waals surface area contributed by atoms with Gasteiger partial charge in [0.05, 0.1) is 13.2 Å². The maximum atomic E-state index is 11.1. The fourth-order valence-corrected chi connectivity index (χ4v) is 1.50. The molecule has 0 bridgehead atoms. The van der Waals surface area contributed by atoms with Crippen LogP contribution in [-0.2, 0) is 9.53 Å². The lowest BCUT2D eigenvalue weighted by Gasteiger charge is -2.16. The maximum Gasteiger partial charge on any atom is 0.407 e. The molecular formula is C11H13NO3S. The number of nitrogens with one attached hydrogen (secondary N) is 1. The number of methoxy groups -OCH3 is 1. The van der Waals surface area contributed by atoms with Gasteiger partial charge in [0.25, 0.3) is 0 Å². The van der Waals surface area contributed by atoms with E-state index in [1.807, 2.05) is 30.3 Å². The normalized spacial score (nSPS) is 11.6. The van der Waals surface area contributed by atoms with E-state index in [0.717, 1.165) is 5.56 Å². The smallest absolute Gasteiger partial charge is 0.407 e. The first-order chi connectivity index (χ1) is 7.63. The van der Waals surface area contributed by atoms with Gasteiger partial charge in [0, 0.05) is 6.42 Å². The molecule has 0 fully saturated rings. The lowest BCUT2D eigenvalue weighted by Crippen LogP contribution is -2.29. The molecule has 0 aliphatic rings. The van der Waals surface area contributed by atoms with Crippen LogP contribution in [0.3, 0.4) is 0 Å². The molecule has 0 unspecified atom stereocenters. The standard InChI is InChI=1S/C11H13NO3S/c1-15-11(14)12-9(7-10(13)16)8-5-3-2-4-6-8/h2-6,9H,7H2,1H3,(H,12,14)(H,13,16)/t9-/m1/s1. The number of rotatable bonds is 4. The number of carbonyl (C=O) groups excluding carboxylic acids is 2. The Kier molecular flexibility index (Phi) is 4.85. The fraction of sp³-hybridized carbons (Fsp3) is 0.273. The zero-order valence-electron chi connectivity index (χ0n) is 8.84. The summed E-state index contributed by atoms with van der Waals surface area (Å²) >= 11 is 3.71. The van der Waals surface area contributed by atoms with Crippen molar-refractivity contribution in [2.45, 2.75) is 12.5 Å². The van der Waals surface area contributed by atoms with Crippen molar-refractivity contribution in [2.24, 2.45) is 0 Å². The second-order valence-electron chi connectivity index (χ2n) is 3.20. The summed E-state index contributed by atoms with van der Waals surface area (Å²) in [5.74, 6) is 0. The number of carbonyl (C=O) groups is 2. The average Bonchev–Trinajstić information content (AvgIpc) is 2.28. The fourth-order valence-electron chi connectivity index (χ4n) is 1.31. The van der Waals surface area contributed by atoms with E-state index in [1.165, 1.54) is 7.11 Å². The topological polar surface area (TPSA) is 55.4 Å². The lowest BCUT2D eigenvalue weighted by atomic mass is 10.0. The predicted molar refractivity (Wildman–Crippen MR) is 63.3 cm³/mol. The molecule has 1 rings (SSSR count). The van der Waals surface area contributed by atoms with Gasteiger partial charge in [-0.05, 0) is 5.56 Å². The van der Waals surface area contributed by atoms with Gasteiger partial charge in [0.15, 0.2) is 5.12 Å². The van der Waals surface area contributed by atoms with Crippen molar-refractivity contribution in [1.82, 2.24) is 5.32 Å². The van der Waals surface area contributed by atoms with Crippen LogP contribution in [0.5, 0.6) is 0 Å². The van der Waals surface area contributed by atoms with Gasteiger partial charge in [-0.1, -0.05) is 30.3 Å². The van der Waals surface area contributed by atoms with Gasteiger partial charge in [-0.3, -0.25) is 4.79 Å². The minimum atomic E-state index is -0.566. The molecule has 0 spiro atoms. The molecule has 0 aromatic heterocycles. The van der Waals surface area contributed by atoms with Crippen molar-refractivity contribution < 1.29 is 14.3 Å². The molecule has 1 N–H and O–H groups in total. The highest BCUT2D eigenvalue weighted by molar-refractivity contribution is 7.96. The average molecular weight is 239 g/mol. The van der Waals surface area contributed by atoms with E-state index in [0.29, 0.717) is 0 Å². The summed E-state index contributed by atoms with van der Waals surface area (Å²) < 4.78 is 4.50. The summed E-state index contributed by atoms with van der Waals surface area (Å²) in [6, 6.07) is 8.79. The summed E-state index contributed by atoms with van der Waals surface area (Å²) in [4.78, 5) is 22.1. The Balaban J connectivity index is 2.79. The predicted octanol–water partition coefficient (Wildman–Crippen LogP) is 1.93. The van der Waals surface area contributed by atoms with Gasteiger partial charge in [-0.2, -0.15) is 0 Å². The highest BCUT2D eigenvalue weighted by Crippen LogP contribution is 2.17. The zero-order valence-corrected chi connectivity index (χ0v) is 9.74. The van der Waals surface area contributed by atoms with Crippen molar-refractivity contribution in [3.63, 3.8) is 0 Å². The first-order valence-electron chi connectivity index (χ1n) is 4.74. The molecular weight excluding hydrogens is 226 g/mol. The van der Waals surface area contributed by atoms with E-state index >= 15 is 0 Å². The van der Waals surface area contributed by atoms with Crippen LogP contribution in [-0.4, -0.2) is 18.3 Å². The number of thiol groups is 1. The molecule has 1 aromatic rings. The van der Waals surface area contributed by atoms with Gasteiger partial charge in [0.1, 0.15) is 0 Å². The zero-order chi connectivity index (χ0) is 12.0. The minimum Gasteiger partial charge on any atom is -0.453 e. The molecule has 86 valence electrons. The minimum absolute atomic E-state index is 0.127. The first-order valence-corrected chi connectivity index (χ1v) is 5.19. The number of alkyl carbamates (subject to hydrolysis) is 1. The summed E-state index contributed by atoms with van der Waals surface area (Å²) in [5, 5.41) is 2.30. The molecule has 0 heterocycles. The molecule has 0 aliphatic heterocycles. The van der Waals surface area contributed by atoms with Crippen LogP contribution in [0.25, 0.3) is 0 Å². The van der Waals surface area contributed by atoms with Crippen LogP contribution in [0.15, 0.2) is 30.3 Å². The van der Waals surface area contributed by atoms with E-state index in [2.05, 4.69) is 22.7 Å². The molecule has 0 saturated heterocycles. The largest absolute Gasteiger partial charge is 0.453 e. The van der Waals surface area contributed by atoms with E-state index in [1.54, 1.807) is 0 Å². The lowest BCUT2D eigenvalue weighted by molar-refractivity contribution is -0.111. The third-order valence-corrected chi connectivity index (χ3v) is 2.24. The quantitative estimate of drug-likeness (QED) is 0.789. The van der Waals surface area contributed by atoms with Crippen molar-refractivity contribution in [2.75, 3.05) is 7.11 Å². The Morgan fingerprint density at radius 1 is 1.38 bits per heavy atom. The van der Waals surface area contributed by atoms with Gasteiger partial charge >= 0.3 is 6.09 Å². The summed E-state index contributed by atoms with van der Waals surface area (Å²) in [7, 11) is 1.28. The number of amides is 1. The molecule has 16 heavy (non-hydrogen) atoms. The van der Waals surface area contributed by atoms with Crippen molar-refractivity contribution in [1.29, 1.82) is 0 Å². The summed E-state index contributed by atoms with van der Waals surface area (Å²) in [6.45, 7) is 0. The third kappa shape index (κ3) is 3.94. The number of hydrogen-bond donors (Lipinski definition) is 2. The van der Waals surface area contributed by atoms with Crippen molar-refractivity contribution in [3.8, 4) is 0 Å². The van der Waals surface area contributed by atoms with Crippen LogP contribution < -0.4 is 5.32 Å². The highest BCUT2D eigenvalue weighted by atomic mass is 32.1. The van der Waals surface area contributed by atoms with Crippen LogP contribution in [0, 0.1) is 0 Å². The highest BCUT2D eigenvalue weighted by Gasteiger charge is 2.16. The number of ether oxygens (including phenoxy) is 1. The van der Waals surface area contributed by atoms with Crippen molar-refractivity contribution >= 4 is 23.8 Å². The molecule has 0 radical (unpaired) electrons. The Morgan fingerprint density at radius 3 is 2.50 bits per heavy atom. The SMILES string of the molecule is COC(=O)N[C@H](CC(=O)S)c1ccccc1. The van der Waals surface area contributed by atoms with Crippen LogP contribution in [0.4, 0.5) is 4.79 Å².